The van der Waals surface area contributed by atoms with Gasteiger partial charge in [-0.3, -0.25) is 10.1 Å². The molecule has 3 nitrogen and oxygen atoms in total. The summed E-state index contributed by atoms with van der Waals surface area (Å²) in [6.45, 7) is 0.716. The van der Waals surface area contributed by atoms with Crippen LogP contribution >= 0.6 is 11.8 Å². The minimum Gasteiger partial charge on any atom is -0.355 e. The van der Waals surface area contributed by atoms with Crippen LogP contribution in [0.25, 0.3) is 0 Å². The fourth-order valence-corrected chi connectivity index (χ4v) is 3.86. The number of carbonyl (C=O) groups excluding carboxylic acids is 1. The molecule has 2 heterocycles. The Morgan fingerprint density at radius 2 is 2.00 bits per heavy atom. The molecule has 0 bridgehead atoms. The smallest absolute Gasteiger partial charge is 0.237 e. The molecule has 0 aliphatic carbocycles. The number of halogens is 2. The number of carbonyl (C=O) groups is 1. The van der Waals surface area contributed by atoms with Gasteiger partial charge in [0.05, 0.1) is 6.04 Å². The maximum Gasteiger partial charge on any atom is 0.237 e. The Morgan fingerprint density at radius 1 is 1.20 bits per heavy atom. The zero-order valence-corrected chi connectivity index (χ0v) is 11.7. The van der Waals surface area contributed by atoms with Gasteiger partial charge in [0.2, 0.25) is 5.91 Å². The van der Waals surface area contributed by atoms with Crippen LogP contribution in [-0.2, 0) is 4.79 Å². The zero-order valence-electron chi connectivity index (χ0n) is 10.9. The van der Waals surface area contributed by atoms with Crippen LogP contribution in [0.2, 0.25) is 0 Å². The number of hydrogen-bond donors (Lipinski definition) is 2. The number of rotatable bonds is 2. The van der Waals surface area contributed by atoms with Crippen molar-refractivity contribution in [2.75, 3.05) is 12.3 Å². The van der Waals surface area contributed by atoms with Gasteiger partial charge in [-0.25, -0.2) is 8.78 Å². The Hall–Kier alpha value is -1.14. The van der Waals surface area contributed by atoms with E-state index in [0.29, 0.717) is 6.54 Å². The lowest BCUT2D eigenvalue weighted by Crippen LogP contribution is -2.49. The number of hydrogen-bond acceptors (Lipinski definition) is 3. The monoisotopic (exact) mass is 298 g/mol. The first-order valence-electron chi connectivity index (χ1n) is 6.80. The molecule has 1 fully saturated rings. The molecule has 3 rings (SSSR count). The Morgan fingerprint density at radius 3 is 2.80 bits per heavy atom. The van der Waals surface area contributed by atoms with Crippen molar-refractivity contribution in [2.24, 2.45) is 0 Å². The van der Waals surface area contributed by atoms with Crippen LogP contribution in [0.15, 0.2) is 17.0 Å². The topological polar surface area (TPSA) is 41.1 Å². The van der Waals surface area contributed by atoms with E-state index in [2.05, 4.69) is 10.6 Å². The summed E-state index contributed by atoms with van der Waals surface area (Å²) in [6.07, 6.45) is 2.54. The lowest BCUT2D eigenvalue weighted by atomic mass is 9.99. The van der Waals surface area contributed by atoms with E-state index < -0.39 is 11.6 Å². The van der Waals surface area contributed by atoms with E-state index in [4.69, 9.17) is 0 Å². The molecular formula is C14H16F2N2OS. The van der Waals surface area contributed by atoms with Gasteiger partial charge < -0.3 is 5.32 Å². The number of benzene rings is 1. The SMILES string of the molecule is O=C1NCCCC1NC1CCSc2cc(F)c(F)cc21. The first-order chi connectivity index (χ1) is 9.65. The standard InChI is InChI=1S/C14H16F2N2OS/c15-9-6-8-11(3-5-20-13(8)7-10(9)16)18-12-2-1-4-17-14(12)19/h6-7,11-12,18H,1-5H2,(H,17,19). The summed E-state index contributed by atoms with van der Waals surface area (Å²) in [4.78, 5) is 12.6. The average Bonchev–Trinajstić information content (AvgIpc) is 2.43. The molecule has 6 heteroatoms. The first-order valence-corrected chi connectivity index (χ1v) is 7.79. The summed E-state index contributed by atoms with van der Waals surface area (Å²) >= 11 is 1.53. The second kappa shape index (κ2) is 5.69. The van der Waals surface area contributed by atoms with Crippen molar-refractivity contribution in [3.63, 3.8) is 0 Å². The van der Waals surface area contributed by atoms with Crippen molar-refractivity contribution in [1.82, 2.24) is 10.6 Å². The molecule has 2 aliphatic rings. The molecule has 2 unspecified atom stereocenters. The molecule has 0 spiro atoms. The minimum absolute atomic E-state index is 0.00129. The Labute approximate surface area is 120 Å². The Bertz CT molecular complexity index is 538. The predicted molar refractivity (Wildman–Crippen MR) is 73.6 cm³/mol. The minimum atomic E-state index is -0.828. The van der Waals surface area contributed by atoms with Crippen LogP contribution in [0.5, 0.6) is 0 Å². The van der Waals surface area contributed by atoms with Crippen LogP contribution in [-0.4, -0.2) is 24.2 Å². The summed E-state index contributed by atoms with van der Waals surface area (Å²) in [7, 11) is 0. The lowest BCUT2D eigenvalue weighted by molar-refractivity contribution is -0.124. The molecule has 1 amide bonds. The van der Waals surface area contributed by atoms with E-state index in [0.717, 1.165) is 35.5 Å². The molecule has 1 aromatic rings. The van der Waals surface area contributed by atoms with Crippen molar-refractivity contribution in [3.05, 3.63) is 29.3 Å². The molecule has 0 saturated carbocycles. The highest BCUT2D eigenvalue weighted by Gasteiger charge is 2.29. The molecular weight excluding hydrogens is 282 g/mol. The van der Waals surface area contributed by atoms with Crippen LogP contribution in [0, 0.1) is 11.6 Å². The molecule has 2 N–H and O–H groups in total. The summed E-state index contributed by atoms with van der Waals surface area (Å²) in [5.41, 5.74) is 0.763. The Balaban J connectivity index is 1.82. The third-order valence-corrected chi connectivity index (χ3v) is 4.88. The van der Waals surface area contributed by atoms with Gasteiger partial charge in [0.1, 0.15) is 0 Å². The number of thioether (sulfide) groups is 1. The van der Waals surface area contributed by atoms with E-state index in [1.165, 1.54) is 23.9 Å². The van der Waals surface area contributed by atoms with Crippen LogP contribution < -0.4 is 10.6 Å². The molecule has 20 heavy (non-hydrogen) atoms. The largest absolute Gasteiger partial charge is 0.355 e. The van der Waals surface area contributed by atoms with E-state index in [-0.39, 0.29) is 18.0 Å². The fraction of sp³-hybridized carbons (Fsp3) is 0.500. The van der Waals surface area contributed by atoms with Gasteiger partial charge in [-0.1, -0.05) is 0 Å². The zero-order chi connectivity index (χ0) is 14.1. The van der Waals surface area contributed by atoms with Crippen LogP contribution in [0.4, 0.5) is 8.78 Å². The number of piperidine rings is 1. The maximum atomic E-state index is 13.4. The van der Waals surface area contributed by atoms with E-state index in [1.54, 1.807) is 0 Å². The molecule has 108 valence electrons. The van der Waals surface area contributed by atoms with Gasteiger partial charge in [0.15, 0.2) is 11.6 Å². The summed E-state index contributed by atoms with van der Waals surface area (Å²) in [5, 5.41) is 6.12. The third kappa shape index (κ3) is 2.67. The maximum absolute atomic E-state index is 13.4. The van der Waals surface area contributed by atoms with E-state index in [9.17, 15) is 13.6 Å². The second-order valence-electron chi connectivity index (χ2n) is 5.15. The molecule has 1 aromatic carbocycles. The normalized spacial score (nSPS) is 26.0. The molecule has 0 aromatic heterocycles. The number of fused-ring (bicyclic) bond motifs is 1. The van der Waals surface area contributed by atoms with Gasteiger partial charge in [0.25, 0.3) is 0 Å². The van der Waals surface area contributed by atoms with E-state index >= 15 is 0 Å². The van der Waals surface area contributed by atoms with Gasteiger partial charge >= 0.3 is 0 Å². The highest BCUT2D eigenvalue weighted by Crippen LogP contribution is 2.37. The Kier molecular flexibility index (Phi) is 3.94. The molecule has 0 radical (unpaired) electrons. The highest BCUT2D eigenvalue weighted by atomic mass is 32.2. The summed E-state index contributed by atoms with van der Waals surface area (Å²) < 4.78 is 26.7. The predicted octanol–water partition coefficient (Wildman–Crippen LogP) is 2.37. The first kappa shape index (κ1) is 13.8. The van der Waals surface area contributed by atoms with Gasteiger partial charge in [0, 0.05) is 17.5 Å². The molecule has 1 saturated heterocycles. The highest BCUT2D eigenvalue weighted by molar-refractivity contribution is 7.99. The van der Waals surface area contributed by atoms with Crippen molar-refractivity contribution < 1.29 is 13.6 Å². The van der Waals surface area contributed by atoms with Crippen molar-refractivity contribution >= 4 is 17.7 Å². The third-order valence-electron chi connectivity index (χ3n) is 3.78. The number of amides is 1. The average molecular weight is 298 g/mol. The second-order valence-corrected chi connectivity index (χ2v) is 6.28. The van der Waals surface area contributed by atoms with Crippen LogP contribution in [0.3, 0.4) is 0 Å². The van der Waals surface area contributed by atoms with Gasteiger partial charge in [-0.05, 0) is 42.7 Å². The van der Waals surface area contributed by atoms with Crippen molar-refractivity contribution in [3.8, 4) is 0 Å². The molecule has 2 atom stereocenters. The summed E-state index contributed by atoms with van der Waals surface area (Å²) in [6, 6.07) is 2.19. The summed E-state index contributed by atoms with van der Waals surface area (Å²) in [5.74, 6) is -0.804. The number of nitrogens with one attached hydrogen (secondary N) is 2. The van der Waals surface area contributed by atoms with Crippen molar-refractivity contribution in [1.29, 1.82) is 0 Å². The lowest BCUT2D eigenvalue weighted by Gasteiger charge is -2.31. The quantitative estimate of drug-likeness (QED) is 0.881. The fourth-order valence-electron chi connectivity index (χ4n) is 2.73. The van der Waals surface area contributed by atoms with Crippen molar-refractivity contribution in [2.45, 2.75) is 36.2 Å². The van der Waals surface area contributed by atoms with Gasteiger partial charge in [-0.2, -0.15) is 0 Å². The van der Waals surface area contributed by atoms with Gasteiger partial charge in [-0.15, -0.1) is 11.8 Å². The molecule has 2 aliphatic heterocycles. The van der Waals surface area contributed by atoms with Crippen LogP contribution in [0.1, 0.15) is 30.9 Å². The van der Waals surface area contributed by atoms with E-state index in [1.807, 2.05) is 0 Å².